The van der Waals surface area contributed by atoms with Gasteiger partial charge in [-0.05, 0) is 27.7 Å². The zero-order valence-corrected chi connectivity index (χ0v) is 14.4. The van der Waals surface area contributed by atoms with Crippen LogP contribution in [0.15, 0.2) is 4.99 Å². The molecule has 0 aromatic carbocycles. The number of methoxy groups -OCH3 is 1. The largest absolute Gasteiger partial charge is 0.465 e. The molecule has 0 fully saturated rings. The van der Waals surface area contributed by atoms with Crippen LogP contribution >= 0.6 is 7.37 Å². The van der Waals surface area contributed by atoms with Crippen LogP contribution in [0.5, 0.6) is 0 Å². The van der Waals surface area contributed by atoms with E-state index in [1.54, 1.807) is 27.7 Å². The first-order chi connectivity index (χ1) is 9.50. The maximum atomic E-state index is 12.0. The van der Waals surface area contributed by atoms with E-state index in [0.717, 1.165) is 0 Å². The third-order valence-corrected chi connectivity index (χ3v) is 4.04. The molecule has 1 amide bonds. The molecule has 122 valence electrons. The lowest BCUT2D eigenvalue weighted by molar-refractivity contribution is -0.132. The number of hydrogen-bond acceptors (Lipinski definition) is 6. The van der Waals surface area contributed by atoms with Crippen LogP contribution in [0.1, 0.15) is 34.1 Å². The second-order valence-corrected chi connectivity index (χ2v) is 8.17. The van der Waals surface area contributed by atoms with Crippen molar-refractivity contribution in [2.75, 3.05) is 26.5 Å². The maximum Gasteiger partial charge on any atom is 0.434 e. The van der Waals surface area contributed by atoms with E-state index in [1.807, 2.05) is 0 Å². The molecule has 1 atom stereocenters. The SMILES string of the molecule is CCOP(C)(=O)CCC(=NC(=O)OC(C)(C)C)C(=O)OC. The van der Waals surface area contributed by atoms with Gasteiger partial charge in [0.05, 0.1) is 13.7 Å². The van der Waals surface area contributed by atoms with Crippen molar-refractivity contribution in [1.29, 1.82) is 0 Å². The zero-order valence-electron chi connectivity index (χ0n) is 13.5. The normalized spacial score (nSPS) is 15.2. The smallest absolute Gasteiger partial charge is 0.434 e. The molecule has 0 bridgehead atoms. The number of carbonyl (C=O) groups excluding carboxylic acids is 2. The van der Waals surface area contributed by atoms with Crippen molar-refractivity contribution in [2.45, 2.75) is 39.7 Å². The Bertz CT molecular complexity index is 452. The number of aliphatic imine (C=N–C) groups is 1. The molecule has 8 heteroatoms. The molecule has 0 aromatic rings. The van der Waals surface area contributed by atoms with E-state index in [9.17, 15) is 14.2 Å². The maximum absolute atomic E-state index is 12.0. The monoisotopic (exact) mass is 321 g/mol. The average molecular weight is 321 g/mol. The van der Waals surface area contributed by atoms with Gasteiger partial charge in [0.25, 0.3) is 0 Å². The molecular formula is C13H24NO6P. The van der Waals surface area contributed by atoms with Crippen LogP contribution < -0.4 is 0 Å². The van der Waals surface area contributed by atoms with Crippen LogP contribution in [0.3, 0.4) is 0 Å². The van der Waals surface area contributed by atoms with Crippen molar-refractivity contribution in [1.82, 2.24) is 0 Å². The Hall–Kier alpha value is -1.20. The first kappa shape index (κ1) is 19.8. The molecule has 0 aliphatic rings. The quantitative estimate of drug-likeness (QED) is 0.424. The van der Waals surface area contributed by atoms with Crippen LogP contribution in [-0.4, -0.2) is 49.9 Å². The average Bonchev–Trinajstić information content (AvgIpc) is 2.31. The van der Waals surface area contributed by atoms with Crippen molar-refractivity contribution in [3.05, 3.63) is 0 Å². The number of esters is 1. The Kier molecular flexibility index (Phi) is 7.82. The second-order valence-electron chi connectivity index (χ2n) is 5.44. The number of carbonyl (C=O) groups is 2. The van der Waals surface area contributed by atoms with E-state index in [4.69, 9.17) is 9.26 Å². The Labute approximate surface area is 125 Å². The highest BCUT2D eigenvalue weighted by molar-refractivity contribution is 7.58. The van der Waals surface area contributed by atoms with Crippen LogP contribution in [-0.2, 0) is 23.4 Å². The molecule has 0 saturated carbocycles. The van der Waals surface area contributed by atoms with Gasteiger partial charge in [-0.2, -0.15) is 4.99 Å². The van der Waals surface area contributed by atoms with Crippen LogP contribution in [0.2, 0.25) is 0 Å². The van der Waals surface area contributed by atoms with E-state index >= 15 is 0 Å². The Morgan fingerprint density at radius 2 is 1.81 bits per heavy atom. The van der Waals surface area contributed by atoms with Gasteiger partial charge in [0.15, 0.2) is 0 Å². The number of nitrogens with zero attached hydrogens (tertiary/aromatic N) is 1. The molecule has 0 N–H and O–H groups in total. The second kappa shape index (κ2) is 8.29. The molecular weight excluding hydrogens is 297 g/mol. The molecule has 0 spiro atoms. The summed E-state index contributed by atoms with van der Waals surface area (Å²) in [5, 5.41) is 0. The van der Waals surface area contributed by atoms with Gasteiger partial charge in [-0.25, -0.2) is 9.59 Å². The van der Waals surface area contributed by atoms with Gasteiger partial charge in [-0.15, -0.1) is 0 Å². The number of amides is 1. The van der Waals surface area contributed by atoms with Gasteiger partial charge in [0.1, 0.15) is 11.3 Å². The van der Waals surface area contributed by atoms with Gasteiger partial charge in [0, 0.05) is 19.2 Å². The topological polar surface area (TPSA) is 91.3 Å². The number of ether oxygens (including phenoxy) is 2. The third-order valence-electron chi connectivity index (χ3n) is 2.20. The molecule has 0 rings (SSSR count). The van der Waals surface area contributed by atoms with Gasteiger partial charge < -0.3 is 14.0 Å². The molecule has 0 aliphatic heterocycles. The van der Waals surface area contributed by atoms with Gasteiger partial charge in [-0.1, -0.05) is 0 Å². The van der Waals surface area contributed by atoms with Crippen LogP contribution in [0.4, 0.5) is 4.79 Å². The zero-order chi connectivity index (χ0) is 16.7. The third kappa shape index (κ3) is 9.37. The first-order valence-electron chi connectivity index (χ1n) is 6.60. The minimum Gasteiger partial charge on any atom is -0.465 e. The van der Waals surface area contributed by atoms with Crippen molar-refractivity contribution in [3.63, 3.8) is 0 Å². The summed E-state index contributed by atoms with van der Waals surface area (Å²) in [5.74, 6) is -0.752. The molecule has 1 unspecified atom stereocenters. The Morgan fingerprint density at radius 3 is 2.24 bits per heavy atom. The van der Waals surface area contributed by atoms with Crippen LogP contribution in [0, 0.1) is 0 Å². The van der Waals surface area contributed by atoms with Crippen molar-refractivity contribution in [3.8, 4) is 0 Å². The summed E-state index contributed by atoms with van der Waals surface area (Å²) in [5.41, 5.74) is -0.846. The highest BCUT2D eigenvalue weighted by Crippen LogP contribution is 2.42. The molecule has 0 aromatic heterocycles. The lowest BCUT2D eigenvalue weighted by atomic mass is 10.2. The van der Waals surface area contributed by atoms with Crippen molar-refractivity contribution >= 4 is 25.1 Å². The lowest BCUT2D eigenvalue weighted by Crippen LogP contribution is -2.25. The van der Waals surface area contributed by atoms with Gasteiger partial charge >= 0.3 is 12.1 Å². The van der Waals surface area contributed by atoms with Crippen molar-refractivity contribution in [2.24, 2.45) is 4.99 Å². The number of rotatable bonds is 6. The highest BCUT2D eigenvalue weighted by atomic mass is 31.2. The minimum absolute atomic E-state index is 0.0136. The molecule has 0 radical (unpaired) electrons. The summed E-state index contributed by atoms with van der Waals surface area (Å²) in [6.07, 6.45) is -0.776. The fraction of sp³-hybridized carbons (Fsp3) is 0.769. The molecule has 0 heterocycles. The van der Waals surface area contributed by atoms with Gasteiger partial charge in [0.2, 0.25) is 7.37 Å². The fourth-order valence-electron chi connectivity index (χ4n) is 1.36. The fourth-order valence-corrected chi connectivity index (χ4v) is 2.66. The minimum atomic E-state index is -2.82. The molecule has 0 saturated heterocycles. The van der Waals surface area contributed by atoms with E-state index < -0.39 is 25.0 Å². The van der Waals surface area contributed by atoms with E-state index in [1.165, 1.54) is 13.8 Å². The Morgan fingerprint density at radius 1 is 1.24 bits per heavy atom. The summed E-state index contributed by atoms with van der Waals surface area (Å²) in [6.45, 7) is 8.57. The number of hydrogen-bond donors (Lipinski definition) is 0. The van der Waals surface area contributed by atoms with E-state index in [-0.39, 0.29) is 18.3 Å². The van der Waals surface area contributed by atoms with E-state index in [2.05, 4.69) is 9.73 Å². The Balaban J connectivity index is 4.94. The summed E-state index contributed by atoms with van der Waals surface area (Å²) >= 11 is 0. The molecule has 7 nitrogen and oxygen atoms in total. The summed E-state index contributed by atoms with van der Waals surface area (Å²) in [7, 11) is -1.64. The highest BCUT2D eigenvalue weighted by Gasteiger charge is 2.23. The summed E-state index contributed by atoms with van der Waals surface area (Å²) in [6, 6.07) is 0. The van der Waals surface area contributed by atoms with Crippen LogP contribution in [0.25, 0.3) is 0 Å². The van der Waals surface area contributed by atoms with Gasteiger partial charge in [-0.3, -0.25) is 4.57 Å². The standard InChI is InChI=1S/C13H24NO6P/c1-7-19-21(6,17)9-8-10(11(15)18-5)14-12(16)20-13(2,3)4/h7-9H2,1-6H3. The summed E-state index contributed by atoms with van der Waals surface area (Å²) in [4.78, 5) is 26.8. The first-order valence-corrected chi connectivity index (χ1v) is 8.86. The predicted molar refractivity (Wildman–Crippen MR) is 80.3 cm³/mol. The summed E-state index contributed by atoms with van der Waals surface area (Å²) < 4.78 is 26.7. The van der Waals surface area contributed by atoms with E-state index in [0.29, 0.717) is 6.61 Å². The predicted octanol–water partition coefficient (Wildman–Crippen LogP) is 2.87. The lowest BCUT2D eigenvalue weighted by Gasteiger charge is -2.18. The molecule has 21 heavy (non-hydrogen) atoms. The molecule has 0 aliphatic carbocycles. The van der Waals surface area contributed by atoms with Crippen molar-refractivity contribution < 1.29 is 28.2 Å².